The number of aliphatic hydroxyl groups is 1. The van der Waals surface area contributed by atoms with Gasteiger partial charge in [0.05, 0.1) is 25.2 Å². The van der Waals surface area contributed by atoms with Gasteiger partial charge in [-0.1, -0.05) is 135 Å². The van der Waals surface area contributed by atoms with Crippen LogP contribution in [0, 0.1) is 5.41 Å². The molecule has 0 saturated heterocycles. The van der Waals surface area contributed by atoms with Crippen molar-refractivity contribution < 1.29 is 38.5 Å². The van der Waals surface area contributed by atoms with Crippen molar-refractivity contribution in [2.45, 2.75) is 162 Å². The molecule has 0 amide bonds. The third-order valence-electron chi connectivity index (χ3n) is 9.90. The van der Waals surface area contributed by atoms with E-state index in [1.807, 2.05) is 6.07 Å². The summed E-state index contributed by atoms with van der Waals surface area (Å²) in [7, 11) is -5.52. The van der Waals surface area contributed by atoms with Gasteiger partial charge in [0.2, 0.25) is 0 Å². The van der Waals surface area contributed by atoms with Gasteiger partial charge < -0.3 is 38.5 Å². The molecule has 0 bridgehead atoms. The Morgan fingerprint density at radius 3 is 1.43 bits per heavy atom. The van der Waals surface area contributed by atoms with Crippen molar-refractivity contribution in [2.75, 3.05) is 19.8 Å². The Bertz CT molecular complexity index is 1170. The van der Waals surface area contributed by atoms with E-state index in [2.05, 4.69) is 58.0 Å². The van der Waals surface area contributed by atoms with E-state index in [0.29, 0.717) is 5.75 Å². The van der Waals surface area contributed by atoms with Crippen LogP contribution >= 0.6 is 17.2 Å². The van der Waals surface area contributed by atoms with Crippen LogP contribution in [0.25, 0.3) is 0 Å². The number of rotatable bonds is 31. The predicted molar refractivity (Wildman–Crippen MR) is 212 cm³/mol. The molecule has 0 saturated carbocycles. The molecule has 0 spiro atoms. The minimum atomic E-state index is -2.76. The van der Waals surface area contributed by atoms with Crippen LogP contribution in [0.1, 0.15) is 164 Å². The molecule has 1 unspecified atom stereocenters. The second-order valence-corrected chi connectivity index (χ2v) is 15.8. The first-order valence-corrected chi connectivity index (χ1v) is 22.2. The zero-order valence-corrected chi connectivity index (χ0v) is 33.9. The molecule has 5 N–H and O–H groups in total. The van der Waals surface area contributed by atoms with Crippen molar-refractivity contribution in [1.82, 2.24) is 0 Å². The van der Waals surface area contributed by atoms with Crippen LogP contribution in [0.4, 0.5) is 0 Å². The van der Waals surface area contributed by atoms with Gasteiger partial charge in [-0.3, -0.25) is 0 Å². The zero-order chi connectivity index (χ0) is 37.3. The highest BCUT2D eigenvalue weighted by atomic mass is 31.2. The maximum absolute atomic E-state index is 11.2. The van der Waals surface area contributed by atoms with Crippen LogP contribution < -0.4 is 4.74 Å². The second-order valence-electron chi connectivity index (χ2n) is 14.3. The molecule has 0 aromatic heterocycles. The normalized spacial score (nSPS) is 12.7. The number of unbranched alkanes of at least 4 members (excludes halogenated alkanes) is 12. The van der Waals surface area contributed by atoms with Gasteiger partial charge in [-0.15, -0.1) is 0 Å². The van der Waals surface area contributed by atoms with Crippen molar-refractivity contribution in [1.29, 1.82) is 0 Å². The monoisotopic (exact) mass is 752 g/mol. The summed E-state index contributed by atoms with van der Waals surface area (Å²) in [6, 6.07) is 12.9. The first kappa shape index (κ1) is 46.0. The first-order chi connectivity index (χ1) is 24.7. The number of hydrogen-bond donors (Lipinski definition) is 5. The van der Waals surface area contributed by atoms with Gasteiger partial charge >= 0.3 is 17.2 Å². The van der Waals surface area contributed by atoms with Gasteiger partial charge in [0, 0.05) is 0 Å². The average molecular weight is 753 g/mol. The lowest BCUT2D eigenvalue weighted by atomic mass is 9.78. The Morgan fingerprint density at radius 1 is 0.549 bits per heavy atom. The summed E-state index contributed by atoms with van der Waals surface area (Å²) >= 11 is 0. The fourth-order valence-corrected chi connectivity index (χ4v) is 7.51. The standard InChI is InChI=1S/C41H70O8P2/c1-5-9-13-17-21-34-25-27-38(36(29-34)23-19-15-11-7-3)40(41(31-42,32-47-50(43)44)33-48-51(45)46)49-39-28-26-35(22-18-14-10-6-2)30-37(39)24-20-16-12-8-4/h25-30,40,42-46H,5-24,31-33H2,1-4H3. The SMILES string of the molecule is CCCCCCc1ccc(OC(c2ccc(CCCCCC)cc2CCCCCC)C(CO)(COP(O)O)COP(O)O)c(CCCCCC)c1. The van der Waals surface area contributed by atoms with Crippen molar-refractivity contribution in [2.24, 2.45) is 5.41 Å². The first-order valence-electron chi connectivity index (χ1n) is 19.9. The van der Waals surface area contributed by atoms with Gasteiger partial charge in [-0.05, 0) is 85.3 Å². The molecule has 0 fully saturated rings. The molecule has 0 aliphatic rings. The van der Waals surface area contributed by atoms with Crippen molar-refractivity contribution in [3.05, 3.63) is 64.2 Å². The number of ether oxygens (including phenoxy) is 1. The molecule has 8 nitrogen and oxygen atoms in total. The molecule has 51 heavy (non-hydrogen) atoms. The Morgan fingerprint density at radius 2 is 0.980 bits per heavy atom. The molecule has 2 rings (SSSR count). The van der Waals surface area contributed by atoms with Crippen LogP contribution in [0.2, 0.25) is 0 Å². The molecule has 1 atom stereocenters. The van der Waals surface area contributed by atoms with Crippen LogP contribution in [0.5, 0.6) is 5.75 Å². The minimum absolute atomic E-state index is 0.328. The summed E-state index contributed by atoms with van der Waals surface area (Å²) in [5.41, 5.74) is 4.23. The molecule has 2 aromatic rings. The van der Waals surface area contributed by atoms with Gasteiger partial charge in [0.25, 0.3) is 0 Å². The molecular weight excluding hydrogens is 682 g/mol. The number of aryl methyl sites for hydroxylation is 4. The number of aliphatic hydroxyl groups excluding tert-OH is 1. The van der Waals surface area contributed by atoms with Crippen LogP contribution in [-0.2, 0) is 34.7 Å². The van der Waals surface area contributed by atoms with Crippen LogP contribution in [0.3, 0.4) is 0 Å². The lowest BCUT2D eigenvalue weighted by molar-refractivity contribution is -0.0659. The van der Waals surface area contributed by atoms with Crippen LogP contribution in [-0.4, -0.2) is 44.5 Å². The van der Waals surface area contributed by atoms with Gasteiger partial charge in [-0.25, -0.2) is 0 Å². The molecule has 0 radical (unpaired) electrons. The molecular formula is C41H70O8P2. The second kappa shape index (κ2) is 27.4. The minimum Gasteiger partial charge on any atom is -0.485 e. The molecule has 0 aliphatic carbocycles. The molecule has 2 aromatic carbocycles. The lowest BCUT2D eigenvalue weighted by Gasteiger charge is -2.40. The van der Waals surface area contributed by atoms with E-state index >= 15 is 0 Å². The summed E-state index contributed by atoms with van der Waals surface area (Å²) in [6.45, 7) is 7.68. The largest absolute Gasteiger partial charge is 0.485 e. The molecule has 0 heterocycles. The van der Waals surface area contributed by atoms with Crippen LogP contribution in [0.15, 0.2) is 36.4 Å². The molecule has 10 heteroatoms. The highest BCUT2D eigenvalue weighted by Crippen LogP contribution is 2.45. The zero-order valence-electron chi connectivity index (χ0n) is 32.2. The van der Waals surface area contributed by atoms with E-state index in [1.165, 1.54) is 56.1 Å². The maximum Gasteiger partial charge on any atom is 0.327 e. The lowest BCUT2D eigenvalue weighted by Crippen LogP contribution is -2.44. The quantitative estimate of drug-likeness (QED) is 0.0380. The van der Waals surface area contributed by atoms with E-state index in [1.54, 1.807) is 0 Å². The van der Waals surface area contributed by atoms with Crippen molar-refractivity contribution in [3.63, 3.8) is 0 Å². The van der Waals surface area contributed by atoms with E-state index in [4.69, 9.17) is 13.8 Å². The number of benzene rings is 2. The predicted octanol–water partition coefficient (Wildman–Crippen LogP) is 10.7. The van der Waals surface area contributed by atoms with E-state index in [-0.39, 0.29) is 13.2 Å². The van der Waals surface area contributed by atoms with Gasteiger partial charge in [0.1, 0.15) is 11.9 Å². The summed E-state index contributed by atoms with van der Waals surface area (Å²) in [5.74, 6) is 0.706. The highest BCUT2D eigenvalue weighted by molar-refractivity contribution is 7.39. The molecule has 292 valence electrons. The maximum atomic E-state index is 11.2. The van der Waals surface area contributed by atoms with E-state index in [0.717, 1.165) is 100 Å². The Hall–Kier alpha value is -1.18. The van der Waals surface area contributed by atoms with E-state index in [9.17, 15) is 24.7 Å². The Labute approximate surface area is 312 Å². The van der Waals surface area contributed by atoms with Gasteiger partial charge in [0.15, 0.2) is 0 Å². The fraction of sp³-hybridized carbons (Fsp3) is 0.707. The summed E-state index contributed by atoms with van der Waals surface area (Å²) < 4.78 is 18.0. The third-order valence-corrected chi connectivity index (χ3v) is 10.6. The smallest absolute Gasteiger partial charge is 0.327 e. The topological polar surface area (TPSA) is 129 Å². The Balaban J connectivity index is 2.72. The Kier molecular flexibility index (Phi) is 24.7. The number of hydrogen-bond acceptors (Lipinski definition) is 8. The molecule has 0 aliphatic heterocycles. The summed E-state index contributed by atoms with van der Waals surface area (Å²) in [5, 5.41) is 11.2. The summed E-state index contributed by atoms with van der Waals surface area (Å²) in [4.78, 5) is 39.5. The van der Waals surface area contributed by atoms with Crippen molar-refractivity contribution in [3.8, 4) is 5.75 Å². The third kappa shape index (κ3) is 17.7. The fourth-order valence-electron chi connectivity index (χ4n) is 6.77. The highest BCUT2D eigenvalue weighted by Gasteiger charge is 2.45. The summed E-state index contributed by atoms with van der Waals surface area (Å²) in [6.07, 6.45) is 21.1. The van der Waals surface area contributed by atoms with Gasteiger partial charge in [-0.2, -0.15) is 0 Å². The van der Waals surface area contributed by atoms with E-state index < -0.39 is 35.3 Å². The van der Waals surface area contributed by atoms with Crippen molar-refractivity contribution >= 4 is 17.2 Å². The average Bonchev–Trinajstić information content (AvgIpc) is 3.12.